The number of benzene rings is 1. The molecule has 0 aliphatic carbocycles. The topological polar surface area (TPSA) is 93.2 Å². The number of hydrogen-bond donors (Lipinski definition) is 1. The van der Waals surface area contributed by atoms with Gasteiger partial charge in [-0.25, -0.2) is 15.0 Å². The fraction of sp³-hybridized carbons (Fsp3) is 0.300. The van der Waals surface area contributed by atoms with Crippen LogP contribution < -0.4 is 14.8 Å². The van der Waals surface area contributed by atoms with Gasteiger partial charge in [0.15, 0.2) is 27.6 Å². The number of carbonyl (C=O) groups excluding carboxylic acids is 2. The Labute approximate surface area is 198 Å². The summed E-state index contributed by atoms with van der Waals surface area (Å²) < 4.78 is 16.9. The molecule has 0 spiro atoms. The van der Waals surface area contributed by atoms with Crippen LogP contribution in [0.1, 0.15) is 5.56 Å². The molecule has 1 aromatic heterocycles. The summed E-state index contributed by atoms with van der Waals surface area (Å²) in [4.78, 5) is 29.5. The number of carbonyl (C=O) groups is 2. The van der Waals surface area contributed by atoms with Gasteiger partial charge in [-0.1, -0.05) is 30.0 Å². The standard InChI is InChI=1S/C20H20N4O5S3/c1-27-15-10-13(2-3-14(15)29-12-17(25)22-19-21-4-9-31-19)11-16-18(26)24(20(30)32-16)23-5-7-28-8-6-23/h2-4,9-11H,5-8,12H2,1H3,(H,21,22,25)/b16-11-. The van der Waals surface area contributed by atoms with Crippen molar-refractivity contribution in [2.45, 2.75) is 0 Å². The minimum Gasteiger partial charge on any atom is -0.493 e. The van der Waals surface area contributed by atoms with Crippen molar-refractivity contribution in [3.63, 3.8) is 0 Å². The minimum atomic E-state index is -0.321. The number of ether oxygens (including phenoxy) is 3. The summed E-state index contributed by atoms with van der Waals surface area (Å²) in [6, 6.07) is 5.23. The second-order valence-corrected chi connectivity index (χ2v) is 9.21. The van der Waals surface area contributed by atoms with Crippen LogP contribution in [0.25, 0.3) is 6.08 Å². The average molecular weight is 493 g/mol. The molecule has 2 aliphatic rings. The molecule has 1 aromatic carbocycles. The van der Waals surface area contributed by atoms with Gasteiger partial charge in [-0.15, -0.1) is 11.3 Å². The zero-order valence-electron chi connectivity index (χ0n) is 17.1. The van der Waals surface area contributed by atoms with E-state index in [0.29, 0.717) is 52.2 Å². The van der Waals surface area contributed by atoms with Gasteiger partial charge in [0.1, 0.15) is 0 Å². The molecule has 2 fully saturated rings. The van der Waals surface area contributed by atoms with E-state index in [2.05, 4.69) is 10.3 Å². The van der Waals surface area contributed by atoms with Crippen LogP contribution in [0.2, 0.25) is 0 Å². The summed E-state index contributed by atoms with van der Waals surface area (Å²) in [5, 5.41) is 8.39. The third kappa shape index (κ3) is 5.27. The zero-order valence-corrected chi connectivity index (χ0v) is 19.6. The van der Waals surface area contributed by atoms with E-state index in [-0.39, 0.29) is 18.4 Å². The Morgan fingerprint density at radius 3 is 2.88 bits per heavy atom. The molecule has 0 radical (unpaired) electrons. The Morgan fingerprint density at radius 2 is 2.16 bits per heavy atom. The van der Waals surface area contributed by atoms with E-state index in [1.165, 1.54) is 30.2 Å². The normalized spacial score (nSPS) is 18.3. The van der Waals surface area contributed by atoms with Crippen LogP contribution in [0.4, 0.5) is 5.13 Å². The maximum atomic E-state index is 12.9. The number of nitrogens with one attached hydrogen (secondary N) is 1. The van der Waals surface area contributed by atoms with E-state index >= 15 is 0 Å². The van der Waals surface area contributed by atoms with Gasteiger partial charge >= 0.3 is 0 Å². The monoisotopic (exact) mass is 492 g/mol. The molecule has 2 amide bonds. The van der Waals surface area contributed by atoms with Crippen LogP contribution in [0.5, 0.6) is 11.5 Å². The summed E-state index contributed by atoms with van der Waals surface area (Å²) in [7, 11) is 1.51. The van der Waals surface area contributed by atoms with Crippen LogP contribution in [-0.2, 0) is 14.3 Å². The van der Waals surface area contributed by atoms with Crippen LogP contribution in [0.3, 0.4) is 0 Å². The van der Waals surface area contributed by atoms with E-state index in [4.69, 9.17) is 26.4 Å². The third-order valence-corrected chi connectivity index (χ3v) is 6.54. The van der Waals surface area contributed by atoms with Crippen molar-refractivity contribution >= 4 is 62.7 Å². The van der Waals surface area contributed by atoms with E-state index in [0.717, 1.165) is 5.56 Å². The first kappa shape index (κ1) is 22.7. The first-order valence-corrected chi connectivity index (χ1v) is 11.8. The van der Waals surface area contributed by atoms with Crippen molar-refractivity contribution in [2.24, 2.45) is 0 Å². The van der Waals surface area contributed by atoms with Crippen LogP contribution in [0, 0.1) is 0 Å². The van der Waals surface area contributed by atoms with E-state index < -0.39 is 0 Å². The lowest BCUT2D eigenvalue weighted by atomic mass is 10.2. The summed E-state index contributed by atoms with van der Waals surface area (Å²) >= 11 is 8.01. The highest BCUT2D eigenvalue weighted by atomic mass is 32.2. The molecule has 2 aliphatic heterocycles. The highest BCUT2D eigenvalue weighted by molar-refractivity contribution is 8.26. The van der Waals surface area contributed by atoms with Gasteiger partial charge in [-0.3, -0.25) is 14.9 Å². The smallest absolute Gasteiger partial charge is 0.280 e. The van der Waals surface area contributed by atoms with E-state index in [1.54, 1.807) is 40.9 Å². The second kappa shape index (κ2) is 10.4. The maximum absolute atomic E-state index is 12.9. The van der Waals surface area contributed by atoms with Gasteiger partial charge in [0.05, 0.1) is 25.2 Å². The molecule has 0 saturated carbocycles. The lowest BCUT2D eigenvalue weighted by molar-refractivity contribution is -0.138. The number of thioether (sulfide) groups is 1. The number of amides is 2. The highest BCUT2D eigenvalue weighted by Crippen LogP contribution is 2.35. The predicted molar refractivity (Wildman–Crippen MR) is 127 cm³/mol. The van der Waals surface area contributed by atoms with Crippen molar-refractivity contribution in [3.05, 3.63) is 40.2 Å². The molecule has 1 N–H and O–H groups in total. The largest absolute Gasteiger partial charge is 0.493 e. The molecule has 3 heterocycles. The van der Waals surface area contributed by atoms with Crippen molar-refractivity contribution in [1.82, 2.24) is 15.0 Å². The number of methoxy groups -OCH3 is 1. The Bertz CT molecular complexity index is 1040. The number of thiazole rings is 1. The zero-order chi connectivity index (χ0) is 22.5. The van der Waals surface area contributed by atoms with Crippen molar-refractivity contribution in [3.8, 4) is 11.5 Å². The van der Waals surface area contributed by atoms with Gasteiger partial charge in [0, 0.05) is 24.7 Å². The lowest BCUT2D eigenvalue weighted by Gasteiger charge is -2.33. The van der Waals surface area contributed by atoms with Crippen molar-refractivity contribution < 1.29 is 23.8 Å². The molecule has 2 saturated heterocycles. The Balaban J connectivity index is 1.43. The first-order chi connectivity index (χ1) is 15.5. The number of hydrazine groups is 1. The molecule has 0 atom stereocenters. The molecule has 2 aromatic rings. The summed E-state index contributed by atoms with van der Waals surface area (Å²) in [5.74, 6) is 0.391. The van der Waals surface area contributed by atoms with Crippen LogP contribution >= 0.6 is 35.3 Å². The number of hydrogen-bond acceptors (Lipinski definition) is 10. The highest BCUT2D eigenvalue weighted by Gasteiger charge is 2.37. The summed E-state index contributed by atoms with van der Waals surface area (Å²) in [6.45, 7) is 2.19. The summed E-state index contributed by atoms with van der Waals surface area (Å²) in [6.07, 6.45) is 3.37. The van der Waals surface area contributed by atoms with Gasteiger partial charge < -0.3 is 14.2 Å². The average Bonchev–Trinajstić information content (AvgIpc) is 3.40. The van der Waals surface area contributed by atoms with Gasteiger partial charge in [0.25, 0.3) is 11.8 Å². The van der Waals surface area contributed by atoms with Gasteiger partial charge in [-0.2, -0.15) is 0 Å². The maximum Gasteiger partial charge on any atom is 0.280 e. The van der Waals surface area contributed by atoms with Crippen LogP contribution in [-0.4, -0.2) is 71.2 Å². The molecular formula is C20H20N4O5S3. The van der Waals surface area contributed by atoms with Crippen LogP contribution in [0.15, 0.2) is 34.7 Å². The van der Waals surface area contributed by atoms with Crippen molar-refractivity contribution in [1.29, 1.82) is 0 Å². The van der Waals surface area contributed by atoms with Gasteiger partial charge in [-0.05, 0) is 23.8 Å². The molecule has 0 bridgehead atoms. The number of thiocarbonyl (C=S) groups is 1. The summed E-state index contributed by atoms with van der Waals surface area (Å²) in [5.41, 5.74) is 0.754. The minimum absolute atomic E-state index is 0.153. The molecule has 168 valence electrons. The molecule has 0 unspecified atom stereocenters. The molecule has 32 heavy (non-hydrogen) atoms. The molecule has 12 heteroatoms. The Hall–Kier alpha value is -2.51. The second-order valence-electron chi connectivity index (χ2n) is 6.64. The quantitative estimate of drug-likeness (QED) is 0.462. The lowest BCUT2D eigenvalue weighted by Crippen LogP contribution is -2.50. The third-order valence-electron chi connectivity index (χ3n) is 4.57. The molecule has 4 rings (SSSR count). The number of rotatable bonds is 7. The molecule has 9 nitrogen and oxygen atoms in total. The number of nitrogens with zero attached hydrogens (tertiary/aromatic N) is 3. The Morgan fingerprint density at radius 1 is 1.34 bits per heavy atom. The SMILES string of the molecule is COc1cc(/C=C2\SC(=S)N(N3CCOCC3)C2=O)ccc1OCC(=O)Nc1nccs1. The van der Waals surface area contributed by atoms with E-state index in [9.17, 15) is 9.59 Å². The van der Waals surface area contributed by atoms with Crippen molar-refractivity contribution in [2.75, 3.05) is 45.3 Å². The Kier molecular flexibility index (Phi) is 7.37. The van der Waals surface area contributed by atoms with E-state index in [1.807, 2.05) is 5.01 Å². The number of morpholine rings is 1. The number of aromatic nitrogens is 1. The fourth-order valence-electron chi connectivity index (χ4n) is 3.09. The van der Waals surface area contributed by atoms with Gasteiger partial charge in [0.2, 0.25) is 0 Å². The number of anilines is 1. The fourth-order valence-corrected chi connectivity index (χ4v) is 4.94. The molecular weight excluding hydrogens is 472 g/mol. The predicted octanol–water partition coefficient (Wildman–Crippen LogP) is 2.62. The first-order valence-electron chi connectivity index (χ1n) is 9.66.